The van der Waals surface area contributed by atoms with Gasteiger partial charge in [-0.3, -0.25) is 0 Å². The summed E-state index contributed by atoms with van der Waals surface area (Å²) >= 11 is 0. The van der Waals surface area contributed by atoms with Gasteiger partial charge in [0.1, 0.15) is 16.8 Å². The zero-order valence-corrected chi connectivity index (χ0v) is 18.0. The summed E-state index contributed by atoms with van der Waals surface area (Å²) in [6, 6.07) is 2.99. The quantitative estimate of drug-likeness (QED) is 0.500. The maximum absolute atomic E-state index is 12.9. The number of furan rings is 1. The Labute approximate surface area is 169 Å². The molecule has 0 saturated heterocycles. The van der Waals surface area contributed by atoms with Crippen LogP contribution in [0.25, 0.3) is 11.0 Å². The van der Waals surface area contributed by atoms with Gasteiger partial charge in [-0.05, 0) is 60.6 Å². The van der Waals surface area contributed by atoms with Crippen LogP contribution in [0.3, 0.4) is 0 Å². The van der Waals surface area contributed by atoms with Gasteiger partial charge in [0.05, 0.1) is 24.6 Å². The van der Waals surface area contributed by atoms with Crippen LogP contribution in [0.2, 0.25) is 0 Å². The van der Waals surface area contributed by atoms with Crippen molar-refractivity contribution in [3.8, 4) is 0 Å². The highest BCUT2D eigenvalue weighted by atomic mass is 16.6. The number of esters is 1. The number of ether oxygens (including phenoxy) is 3. The highest BCUT2D eigenvalue weighted by molar-refractivity contribution is 6.16. The maximum Gasteiger partial charge on any atom is 0.424 e. The van der Waals surface area contributed by atoms with Gasteiger partial charge < -0.3 is 18.6 Å². The highest BCUT2D eigenvalue weighted by Gasteiger charge is 2.35. The average molecular weight is 405 g/mol. The lowest BCUT2D eigenvalue weighted by molar-refractivity contribution is 0.0429. The molecule has 0 radical (unpaired) electrons. The van der Waals surface area contributed by atoms with E-state index in [2.05, 4.69) is 0 Å². The lowest BCUT2D eigenvalue weighted by Gasteiger charge is -2.29. The zero-order valence-electron chi connectivity index (χ0n) is 18.0. The highest BCUT2D eigenvalue weighted by Crippen LogP contribution is 2.35. The number of methoxy groups -OCH3 is 1. The molecular weight excluding hydrogens is 378 g/mol. The fraction of sp³-hybridized carbons (Fsp3) is 0.476. The molecule has 158 valence electrons. The molecule has 8 nitrogen and oxygen atoms in total. The first-order valence-electron chi connectivity index (χ1n) is 9.10. The molecule has 0 aliphatic carbocycles. The lowest BCUT2D eigenvalue weighted by Crippen LogP contribution is -2.44. The van der Waals surface area contributed by atoms with Crippen molar-refractivity contribution in [1.29, 1.82) is 0 Å². The van der Waals surface area contributed by atoms with E-state index in [1.165, 1.54) is 19.4 Å². The third-order valence-corrected chi connectivity index (χ3v) is 3.77. The van der Waals surface area contributed by atoms with E-state index in [-0.39, 0.29) is 11.3 Å². The Kier molecular flexibility index (Phi) is 5.96. The van der Waals surface area contributed by atoms with E-state index in [0.717, 1.165) is 4.90 Å². The second-order valence-electron chi connectivity index (χ2n) is 8.52. The summed E-state index contributed by atoms with van der Waals surface area (Å²) < 4.78 is 21.1. The van der Waals surface area contributed by atoms with Gasteiger partial charge in [0.25, 0.3) is 0 Å². The molecule has 2 aromatic rings. The third kappa shape index (κ3) is 5.07. The average Bonchev–Trinajstić information content (AvgIpc) is 3.03. The molecule has 1 aromatic heterocycles. The summed E-state index contributed by atoms with van der Waals surface area (Å²) in [5, 5.41) is 0.451. The number of carbonyl (C=O) groups is 3. The van der Waals surface area contributed by atoms with Gasteiger partial charge in [0.2, 0.25) is 0 Å². The molecule has 0 spiro atoms. The summed E-state index contributed by atoms with van der Waals surface area (Å²) in [6.07, 6.45) is -0.465. The van der Waals surface area contributed by atoms with Crippen LogP contribution in [0.5, 0.6) is 0 Å². The van der Waals surface area contributed by atoms with Crippen molar-refractivity contribution in [3.63, 3.8) is 0 Å². The molecule has 0 aliphatic rings. The molecule has 1 aromatic carbocycles. The van der Waals surface area contributed by atoms with Crippen LogP contribution in [0.4, 0.5) is 15.3 Å². The van der Waals surface area contributed by atoms with Crippen molar-refractivity contribution in [2.24, 2.45) is 0 Å². The number of aryl methyl sites for hydroxylation is 1. The van der Waals surface area contributed by atoms with Crippen LogP contribution in [-0.4, -0.2) is 36.5 Å². The summed E-state index contributed by atoms with van der Waals surface area (Å²) in [6.45, 7) is 11.8. The Morgan fingerprint density at radius 1 is 0.966 bits per heavy atom. The smallest absolute Gasteiger partial charge is 0.424 e. The number of hydrogen-bond acceptors (Lipinski definition) is 7. The summed E-state index contributed by atoms with van der Waals surface area (Å²) in [4.78, 5) is 38.9. The van der Waals surface area contributed by atoms with Crippen molar-refractivity contribution in [1.82, 2.24) is 0 Å². The predicted octanol–water partition coefficient (Wildman–Crippen LogP) is 5.20. The van der Waals surface area contributed by atoms with E-state index < -0.39 is 29.4 Å². The normalized spacial score (nSPS) is 11.9. The van der Waals surface area contributed by atoms with Gasteiger partial charge in [-0.25, -0.2) is 14.4 Å². The number of amides is 2. The van der Waals surface area contributed by atoms with Gasteiger partial charge in [-0.1, -0.05) is 0 Å². The second kappa shape index (κ2) is 7.77. The first-order chi connectivity index (χ1) is 13.2. The molecule has 0 bridgehead atoms. The molecule has 0 aliphatic heterocycles. The molecule has 0 unspecified atom stereocenters. The number of hydrogen-bond donors (Lipinski definition) is 0. The van der Waals surface area contributed by atoms with E-state index in [9.17, 15) is 14.4 Å². The molecule has 8 heteroatoms. The van der Waals surface area contributed by atoms with Crippen LogP contribution >= 0.6 is 0 Å². The predicted molar refractivity (Wildman–Crippen MR) is 107 cm³/mol. The van der Waals surface area contributed by atoms with Crippen molar-refractivity contribution >= 4 is 34.8 Å². The number of imide groups is 1. The summed E-state index contributed by atoms with van der Waals surface area (Å²) in [7, 11) is 1.24. The van der Waals surface area contributed by atoms with Crippen molar-refractivity contribution < 1.29 is 33.0 Å². The zero-order chi connectivity index (χ0) is 22.1. The second-order valence-corrected chi connectivity index (χ2v) is 8.52. The monoisotopic (exact) mass is 405 g/mol. The fourth-order valence-electron chi connectivity index (χ4n) is 2.64. The first kappa shape index (κ1) is 22.3. The Hall–Kier alpha value is -3.03. The molecule has 1 heterocycles. The minimum absolute atomic E-state index is 0.100. The molecular formula is C21H27NO7. The van der Waals surface area contributed by atoms with E-state index in [1.807, 2.05) is 0 Å². The Balaban J connectivity index is 2.72. The molecule has 0 N–H and O–H groups in total. The molecule has 0 saturated carbocycles. The minimum atomic E-state index is -0.936. The lowest BCUT2D eigenvalue weighted by atomic mass is 10.0. The topological polar surface area (TPSA) is 95.3 Å². The SMILES string of the molecule is COC(=O)c1cc(N(C(=O)OC(C)(C)C)C(=O)OC(C)(C)C)c2ccoc2c1C. The summed E-state index contributed by atoms with van der Waals surface area (Å²) in [5.41, 5.74) is -0.592. The fourth-order valence-corrected chi connectivity index (χ4v) is 2.64. The number of anilines is 1. The number of carbonyl (C=O) groups excluding carboxylic acids is 3. The standard InChI is InChI=1S/C21H27NO7/c1-12-14(17(23)26-8)11-15(13-9-10-27-16(12)13)22(18(24)28-20(2,3)4)19(25)29-21(5,6)7/h9-11H,1-8H3. The molecule has 0 fully saturated rings. The van der Waals surface area contributed by atoms with E-state index in [0.29, 0.717) is 16.5 Å². The van der Waals surface area contributed by atoms with Gasteiger partial charge in [-0.15, -0.1) is 0 Å². The van der Waals surface area contributed by atoms with Gasteiger partial charge >= 0.3 is 18.2 Å². The largest absolute Gasteiger partial charge is 0.465 e. The van der Waals surface area contributed by atoms with Crippen LogP contribution < -0.4 is 4.90 Å². The Morgan fingerprint density at radius 3 is 1.93 bits per heavy atom. The summed E-state index contributed by atoms with van der Waals surface area (Å²) in [5.74, 6) is -0.629. The number of benzene rings is 1. The van der Waals surface area contributed by atoms with Crippen molar-refractivity contribution in [2.75, 3.05) is 12.0 Å². The van der Waals surface area contributed by atoms with Crippen LogP contribution in [-0.2, 0) is 14.2 Å². The third-order valence-electron chi connectivity index (χ3n) is 3.77. The number of fused-ring (bicyclic) bond motifs is 1. The molecule has 29 heavy (non-hydrogen) atoms. The minimum Gasteiger partial charge on any atom is -0.465 e. The van der Waals surface area contributed by atoms with Crippen molar-refractivity contribution in [3.05, 3.63) is 29.5 Å². The first-order valence-corrected chi connectivity index (χ1v) is 9.10. The van der Waals surface area contributed by atoms with E-state index in [4.69, 9.17) is 18.6 Å². The maximum atomic E-state index is 12.9. The van der Waals surface area contributed by atoms with Gasteiger partial charge in [-0.2, -0.15) is 4.90 Å². The van der Waals surface area contributed by atoms with Crippen LogP contribution in [0.15, 0.2) is 22.8 Å². The Bertz CT molecular complexity index is 916. The van der Waals surface area contributed by atoms with E-state index in [1.54, 1.807) is 54.5 Å². The van der Waals surface area contributed by atoms with Crippen molar-refractivity contribution in [2.45, 2.75) is 59.7 Å². The Morgan fingerprint density at radius 2 is 1.48 bits per heavy atom. The molecule has 2 rings (SSSR count). The van der Waals surface area contributed by atoms with Gasteiger partial charge in [0, 0.05) is 10.9 Å². The number of nitrogens with zero attached hydrogens (tertiary/aromatic N) is 1. The van der Waals surface area contributed by atoms with Gasteiger partial charge in [0.15, 0.2) is 0 Å². The molecule has 0 atom stereocenters. The van der Waals surface area contributed by atoms with Crippen LogP contribution in [0, 0.1) is 6.92 Å². The number of rotatable bonds is 2. The van der Waals surface area contributed by atoms with Crippen LogP contribution in [0.1, 0.15) is 57.5 Å². The van der Waals surface area contributed by atoms with E-state index >= 15 is 0 Å². The molecule has 2 amide bonds.